The number of hydrogen-bond donors (Lipinski definition) is 7. The van der Waals surface area contributed by atoms with E-state index in [1.165, 1.54) is 26.0 Å². The normalized spacial score (nSPS) is 15.6. The van der Waals surface area contributed by atoms with E-state index in [1.54, 1.807) is 12.1 Å². The number of rotatable bonds is 12. The number of carboxylic acids is 1. The molecule has 0 saturated heterocycles. The van der Waals surface area contributed by atoms with E-state index < -0.39 is 54.0 Å². The predicted molar refractivity (Wildman–Crippen MR) is 120 cm³/mol. The molecule has 0 bridgehead atoms. The lowest BCUT2D eigenvalue weighted by Crippen LogP contribution is -2.57. The Labute approximate surface area is 192 Å². The number of carboxylic acid groups (broad SMARTS) is 1. The number of amides is 3. The lowest BCUT2D eigenvalue weighted by Gasteiger charge is -2.25. The third-order valence-corrected chi connectivity index (χ3v) is 4.87. The molecule has 8 N–H and O–H groups in total. The second kappa shape index (κ2) is 12.8. The van der Waals surface area contributed by atoms with Crippen LogP contribution in [0.2, 0.25) is 0 Å². The van der Waals surface area contributed by atoms with Crippen LogP contribution in [0.1, 0.15) is 39.7 Å². The lowest BCUT2D eigenvalue weighted by molar-refractivity contribution is -0.145. The summed E-state index contributed by atoms with van der Waals surface area (Å²) in [4.78, 5) is 48.8. The summed E-state index contributed by atoms with van der Waals surface area (Å²) in [7, 11) is 0. The Balaban J connectivity index is 2.78. The summed E-state index contributed by atoms with van der Waals surface area (Å²) in [6.45, 7) is 6.30. The first-order valence-corrected chi connectivity index (χ1v) is 10.7. The van der Waals surface area contributed by atoms with Crippen LogP contribution in [-0.2, 0) is 25.6 Å². The molecule has 0 aromatic heterocycles. The Morgan fingerprint density at radius 1 is 0.909 bits per heavy atom. The Hall–Kier alpha value is -3.18. The molecule has 5 unspecified atom stereocenters. The van der Waals surface area contributed by atoms with E-state index in [9.17, 15) is 29.4 Å². The van der Waals surface area contributed by atoms with Gasteiger partial charge in [0.15, 0.2) is 6.04 Å². The molecule has 0 spiro atoms. The fourth-order valence-electron chi connectivity index (χ4n) is 3.01. The minimum Gasteiger partial charge on any atom is -0.508 e. The first-order chi connectivity index (χ1) is 15.3. The van der Waals surface area contributed by atoms with Gasteiger partial charge in [0.1, 0.15) is 17.8 Å². The van der Waals surface area contributed by atoms with E-state index >= 15 is 0 Å². The number of hydrogen-bond acceptors (Lipinski definition) is 7. The zero-order valence-corrected chi connectivity index (χ0v) is 19.2. The molecule has 0 aliphatic heterocycles. The monoisotopic (exact) mass is 466 g/mol. The van der Waals surface area contributed by atoms with Crippen molar-refractivity contribution >= 4 is 23.7 Å². The Bertz CT molecular complexity index is 827. The minimum atomic E-state index is -1.53. The summed E-state index contributed by atoms with van der Waals surface area (Å²) in [5, 5.41) is 35.2. The van der Waals surface area contributed by atoms with Gasteiger partial charge in [-0.25, -0.2) is 4.79 Å². The second-order valence-electron chi connectivity index (χ2n) is 8.46. The maximum Gasteiger partial charge on any atom is 0.328 e. The molecule has 33 heavy (non-hydrogen) atoms. The molecule has 0 saturated carbocycles. The van der Waals surface area contributed by atoms with Crippen molar-refractivity contribution in [2.24, 2.45) is 11.7 Å². The number of nitrogens with two attached hydrogens (primary N) is 1. The summed E-state index contributed by atoms with van der Waals surface area (Å²) in [5.74, 6) is -3.27. The number of aliphatic hydroxyl groups is 1. The van der Waals surface area contributed by atoms with Crippen molar-refractivity contribution in [3.05, 3.63) is 29.8 Å². The second-order valence-corrected chi connectivity index (χ2v) is 8.46. The van der Waals surface area contributed by atoms with Gasteiger partial charge in [-0.05, 0) is 50.3 Å². The van der Waals surface area contributed by atoms with Crippen LogP contribution in [0.15, 0.2) is 24.3 Å². The molecule has 5 atom stereocenters. The van der Waals surface area contributed by atoms with Crippen LogP contribution in [0.25, 0.3) is 0 Å². The van der Waals surface area contributed by atoms with Gasteiger partial charge in [0.25, 0.3) is 0 Å². The molecule has 0 radical (unpaired) electrons. The minimum absolute atomic E-state index is 0.0325. The first-order valence-electron chi connectivity index (χ1n) is 10.7. The number of aliphatic hydroxyl groups excluding tert-OH is 1. The molecular formula is C22H34N4O7. The average Bonchev–Trinajstić information content (AvgIpc) is 2.71. The van der Waals surface area contributed by atoms with Gasteiger partial charge in [-0.2, -0.15) is 0 Å². The quantitative estimate of drug-likeness (QED) is 0.209. The van der Waals surface area contributed by atoms with Crippen molar-refractivity contribution in [3.63, 3.8) is 0 Å². The highest BCUT2D eigenvalue weighted by Crippen LogP contribution is 2.11. The molecule has 0 aliphatic carbocycles. The van der Waals surface area contributed by atoms with E-state index in [4.69, 9.17) is 10.8 Å². The van der Waals surface area contributed by atoms with E-state index in [1.807, 2.05) is 13.8 Å². The number of phenolic OH excluding ortho intramolecular Hbond substituents is 1. The van der Waals surface area contributed by atoms with Gasteiger partial charge >= 0.3 is 5.97 Å². The molecule has 1 rings (SSSR count). The maximum absolute atomic E-state index is 12.8. The molecule has 0 heterocycles. The Kier molecular flexibility index (Phi) is 10.8. The lowest BCUT2D eigenvalue weighted by atomic mass is 10.0. The van der Waals surface area contributed by atoms with Gasteiger partial charge in [0, 0.05) is 0 Å². The summed E-state index contributed by atoms with van der Waals surface area (Å²) < 4.78 is 0. The largest absolute Gasteiger partial charge is 0.508 e. The smallest absolute Gasteiger partial charge is 0.328 e. The van der Waals surface area contributed by atoms with Gasteiger partial charge in [0.2, 0.25) is 17.7 Å². The SMILES string of the molecule is CC(C)CC(NC(=O)C(N)Cc1ccc(O)cc1)C(=O)NC(C)C(=O)NC(C(=O)O)C(C)O. The average molecular weight is 467 g/mol. The molecule has 0 aliphatic rings. The number of carbonyl (C=O) groups is 4. The highest BCUT2D eigenvalue weighted by atomic mass is 16.4. The molecule has 184 valence electrons. The van der Waals surface area contributed by atoms with Crippen LogP contribution in [0.5, 0.6) is 5.75 Å². The van der Waals surface area contributed by atoms with Crippen molar-refractivity contribution < 1.29 is 34.5 Å². The highest BCUT2D eigenvalue weighted by molar-refractivity contribution is 5.94. The van der Waals surface area contributed by atoms with Crippen molar-refractivity contribution in [1.29, 1.82) is 0 Å². The molecule has 11 heteroatoms. The maximum atomic E-state index is 12.8. The van der Waals surface area contributed by atoms with E-state index in [-0.39, 0.29) is 24.5 Å². The Morgan fingerprint density at radius 3 is 1.97 bits per heavy atom. The van der Waals surface area contributed by atoms with Crippen molar-refractivity contribution in [3.8, 4) is 5.75 Å². The highest BCUT2D eigenvalue weighted by Gasteiger charge is 2.30. The van der Waals surface area contributed by atoms with Crippen LogP contribution in [0.3, 0.4) is 0 Å². The van der Waals surface area contributed by atoms with Gasteiger partial charge in [-0.1, -0.05) is 26.0 Å². The third kappa shape index (κ3) is 9.46. The summed E-state index contributed by atoms with van der Waals surface area (Å²) >= 11 is 0. The number of benzene rings is 1. The zero-order valence-electron chi connectivity index (χ0n) is 19.2. The van der Waals surface area contributed by atoms with Crippen LogP contribution in [0.4, 0.5) is 0 Å². The molecule has 1 aromatic carbocycles. The van der Waals surface area contributed by atoms with E-state index in [2.05, 4.69) is 16.0 Å². The molecule has 3 amide bonds. The van der Waals surface area contributed by atoms with E-state index in [0.717, 1.165) is 5.56 Å². The predicted octanol–water partition coefficient (Wildman–Crippen LogP) is -0.752. The van der Waals surface area contributed by atoms with Gasteiger partial charge in [-0.15, -0.1) is 0 Å². The summed E-state index contributed by atoms with van der Waals surface area (Å²) in [6, 6.07) is 1.68. The summed E-state index contributed by atoms with van der Waals surface area (Å²) in [6.07, 6.45) is -0.863. The number of carbonyl (C=O) groups excluding carboxylic acids is 3. The number of aromatic hydroxyl groups is 1. The standard InChI is InChI=1S/C22H34N4O7/c1-11(2)9-17(25-20(30)16(23)10-14-5-7-15(28)8-6-14)21(31)24-12(3)19(29)26-18(13(4)27)22(32)33/h5-8,11-13,16-18,27-28H,9-10,23H2,1-4H3,(H,24,31)(H,25,30)(H,26,29)(H,32,33). The molecule has 0 fully saturated rings. The van der Waals surface area contributed by atoms with Gasteiger partial charge < -0.3 is 37.0 Å². The molecule has 1 aromatic rings. The summed E-state index contributed by atoms with van der Waals surface area (Å²) in [5.41, 5.74) is 6.71. The third-order valence-electron chi connectivity index (χ3n) is 4.87. The fraction of sp³-hybridized carbons (Fsp3) is 0.545. The van der Waals surface area contributed by atoms with Crippen LogP contribution >= 0.6 is 0 Å². The van der Waals surface area contributed by atoms with Crippen molar-refractivity contribution in [2.75, 3.05) is 0 Å². The van der Waals surface area contributed by atoms with Crippen LogP contribution in [-0.4, -0.2) is 69.3 Å². The molecule has 11 nitrogen and oxygen atoms in total. The number of aliphatic carboxylic acids is 1. The topological polar surface area (TPSA) is 191 Å². The first kappa shape index (κ1) is 27.9. The van der Waals surface area contributed by atoms with E-state index in [0.29, 0.717) is 0 Å². The number of nitrogens with one attached hydrogen (secondary N) is 3. The number of phenols is 1. The van der Waals surface area contributed by atoms with Gasteiger partial charge in [-0.3, -0.25) is 14.4 Å². The van der Waals surface area contributed by atoms with Crippen LogP contribution in [0, 0.1) is 5.92 Å². The van der Waals surface area contributed by atoms with Crippen molar-refractivity contribution in [2.45, 2.75) is 70.8 Å². The van der Waals surface area contributed by atoms with Gasteiger partial charge in [0.05, 0.1) is 12.1 Å². The fourth-order valence-corrected chi connectivity index (χ4v) is 3.01. The Morgan fingerprint density at radius 2 is 1.48 bits per heavy atom. The zero-order chi connectivity index (χ0) is 25.3. The molecular weight excluding hydrogens is 432 g/mol. The van der Waals surface area contributed by atoms with Crippen molar-refractivity contribution in [1.82, 2.24) is 16.0 Å². The van der Waals surface area contributed by atoms with Crippen LogP contribution < -0.4 is 21.7 Å².